The second-order valence-electron chi connectivity index (χ2n) is 6.97. The van der Waals surface area contributed by atoms with E-state index in [0.29, 0.717) is 12.8 Å². The van der Waals surface area contributed by atoms with Crippen molar-refractivity contribution < 1.29 is 33.0 Å². The molecule has 130 valence electrons. The molecule has 3 fully saturated rings. The highest BCUT2D eigenvalue weighted by Crippen LogP contribution is 2.49. The summed E-state index contributed by atoms with van der Waals surface area (Å²) in [6.45, 7) is 0. The van der Waals surface area contributed by atoms with Gasteiger partial charge in [0.1, 0.15) is 12.2 Å². The van der Waals surface area contributed by atoms with Crippen molar-refractivity contribution in [3.05, 3.63) is 0 Å². The first kappa shape index (κ1) is 16.6. The van der Waals surface area contributed by atoms with Gasteiger partial charge in [-0.05, 0) is 43.9 Å². The zero-order valence-electron chi connectivity index (χ0n) is 12.9. The van der Waals surface area contributed by atoms with Crippen molar-refractivity contribution in [3.8, 4) is 0 Å². The molecule has 3 aliphatic carbocycles. The molecule has 0 radical (unpaired) electrons. The van der Waals surface area contributed by atoms with E-state index in [-0.39, 0.29) is 23.7 Å². The van der Waals surface area contributed by atoms with Crippen LogP contribution in [0.25, 0.3) is 0 Å². The molecule has 1 N–H and O–H groups in total. The summed E-state index contributed by atoms with van der Waals surface area (Å²) in [7, 11) is 0. The number of carbonyl (C=O) groups is 2. The molecular formula is C16H22F2O5. The third-order valence-corrected chi connectivity index (χ3v) is 5.49. The number of carboxylic acids is 1. The number of esters is 1. The Balaban J connectivity index is 1.66. The maximum atomic E-state index is 13.4. The average Bonchev–Trinajstić information content (AvgIpc) is 3.10. The fourth-order valence-corrected chi connectivity index (χ4v) is 4.30. The molecule has 3 saturated carbocycles. The van der Waals surface area contributed by atoms with E-state index in [0.717, 1.165) is 38.5 Å². The Morgan fingerprint density at radius 3 is 2.17 bits per heavy atom. The van der Waals surface area contributed by atoms with E-state index < -0.39 is 24.3 Å². The van der Waals surface area contributed by atoms with Gasteiger partial charge >= 0.3 is 18.0 Å². The molecule has 0 heterocycles. The van der Waals surface area contributed by atoms with Crippen molar-refractivity contribution in [1.82, 2.24) is 0 Å². The molecular weight excluding hydrogens is 310 g/mol. The lowest BCUT2D eigenvalue weighted by Crippen LogP contribution is -2.46. The highest BCUT2D eigenvalue weighted by Gasteiger charge is 2.56. The predicted octanol–water partition coefficient (Wildman–Crippen LogP) is 2.97. The van der Waals surface area contributed by atoms with E-state index in [4.69, 9.17) is 9.84 Å². The normalized spacial score (nSPS) is 34.5. The van der Waals surface area contributed by atoms with Crippen LogP contribution in [0.1, 0.15) is 51.4 Å². The van der Waals surface area contributed by atoms with E-state index in [1.165, 1.54) is 0 Å². The quantitative estimate of drug-likeness (QED) is 0.784. The monoisotopic (exact) mass is 332 g/mol. The van der Waals surface area contributed by atoms with Gasteiger partial charge in [-0.1, -0.05) is 19.3 Å². The minimum atomic E-state index is -4.25. The van der Waals surface area contributed by atoms with Gasteiger partial charge in [-0.2, -0.15) is 8.78 Å². The van der Waals surface area contributed by atoms with Crippen molar-refractivity contribution >= 4 is 11.9 Å². The molecule has 7 heteroatoms. The molecule has 0 aliphatic heterocycles. The third-order valence-electron chi connectivity index (χ3n) is 5.49. The van der Waals surface area contributed by atoms with E-state index in [1.54, 1.807) is 0 Å². The zero-order chi connectivity index (χ0) is 16.6. The molecule has 3 rings (SSSR count). The first-order valence-electron chi connectivity index (χ1n) is 8.38. The van der Waals surface area contributed by atoms with Crippen LogP contribution < -0.4 is 0 Å². The Morgan fingerprint density at radius 2 is 1.57 bits per heavy atom. The van der Waals surface area contributed by atoms with Gasteiger partial charge in [-0.15, -0.1) is 0 Å². The SMILES string of the molecule is O=C(OC1C2CCC(C2)C1OC(F)(F)C(=O)O)C1CCCCC1. The van der Waals surface area contributed by atoms with Gasteiger partial charge in [0.15, 0.2) is 0 Å². The van der Waals surface area contributed by atoms with Gasteiger partial charge in [0.2, 0.25) is 0 Å². The lowest BCUT2D eigenvalue weighted by molar-refractivity contribution is -0.280. The molecule has 0 aromatic carbocycles. The van der Waals surface area contributed by atoms with Crippen LogP contribution in [0.2, 0.25) is 0 Å². The van der Waals surface area contributed by atoms with Gasteiger partial charge in [0.25, 0.3) is 0 Å². The van der Waals surface area contributed by atoms with Crippen LogP contribution in [-0.4, -0.2) is 35.4 Å². The Labute approximate surface area is 133 Å². The van der Waals surface area contributed by atoms with Gasteiger partial charge < -0.3 is 14.6 Å². The highest BCUT2D eigenvalue weighted by atomic mass is 19.3. The summed E-state index contributed by atoms with van der Waals surface area (Å²) in [6.07, 6.45) is 0.783. The first-order chi connectivity index (χ1) is 10.9. The van der Waals surface area contributed by atoms with Crippen LogP contribution in [0.5, 0.6) is 0 Å². The molecule has 0 aromatic rings. The minimum Gasteiger partial charge on any atom is -0.475 e. The summed E-state index contributed by atoms with van der Waals surface area (Å²) in [5.41, 5.74) is 0. The summed E-state index contributed by atoms with van der Waals surface area (Å²) >= 11 is 0. The lowest BCUT2D eigenvalue weighted by Gasteiger charge is -2.33. The van der Waals surface area contributed by atoms with Crippen LogP contribution in [0.4, 0.5) is 8.78 Å². The number of alkyl halides is 2. The number of rotatable bonds is 5. The number of hydrogen-bond donors (Lipinski definition) is 1. The molecule has 4 atom stereocenters. The Hall–Kier alpha value is -1.24. The summed E-state index contributed by atoms with van der Waals surface area (Å²) in [6, 6.07) is 0. The van der Waals surface area contributed by atoms with Crippen LogP contribution >= 0.6 is 0 Å². The molecule has 4 unspecified atom stereocenters. The molecule has 0 saturated heterocycles. The van der Waals surface area contributed by atoms with Gasteiger partial charge in [0, 0.05) is 0 Å². The fourth-order valence-electron chi connectivity index (χ4n) is 4.30. The summed E-state index contributed by atoms with van der Waals surface area (Å²) in [4.78, 5) is 22.9. The number of hydrogen-bond acceptors (Lipinski definition) is 4. The lowest BCUT2D eigenvalue weighted by atomic mass is 9.89. The maximum absolute atomic E-state index is 13.4. The number of halogens is 2. The molecule has 3 aliphatic rings. The Kier molecular flexibility index (Phi) is 4.58. The number of carbonyl (C=O) groups excluding carboxylic acids is 1. The third kappa shape index (κ3) is 3.34. The predicted molar refractivity (Wildman–Crippen MR) is 74.7 cm³/mol. The van der Waals surface area contributed by atoms with Gasteiger partial charge in [0.05, 0.1) is 5.92 Å². The maximum Gasteiger partial charge on any atom is 0.456 e. The average molecular weight is 332 g/mol. The number of aliphatic carboxylic acids is 1. The van der Waals surface area contributed by atoms with Crippen molar-refractivity contribution in [2.75, 3.05) is 0 Å². The van der Waals surface area contributed by atoms with Gasteiger partial charge in [-0.3, -0.25) is 4.79 Å². The first-order valence-corrected chi connectivity index (χ1v) is 8.38. The summed E-state index contributed by atoms with van der Waals surface area (Å²) in [5.74, 6) is -2.97. The van der Waals surface area contributed by atoms with E-state index in [9.17, 15) is 18.4 Å². The Bertz CT molecular complexity index is 475. The molecule has 0 amide bonds. The van der Waals surface area contributed by atoms with E-state index in [2.05, 4.69) is 4.74 Å². The largest absolute Gasteiger partial charge is 0.475 e. The number of carboxylic acid groups (broad SMARTS) is 1. The van der Waals surface area contributed by atoms with Crippen LogP contribution in [0.3, 0.4) is 0 Å². The smallest absolute Gasteiger partial charge is 0.456 e. The molecule has 0 spiro atoms. The fraction of sp³-hybridized carbons (Fsp3) is 0.875. The molecule has 2 bridgehead atoms. The van der Waals surface area contributed by atoms with Gasteiger partial charge in [-0.25, -0.2) is 4.79 Å². The van der Waals surface area contributed by atoms with Crippen molar-refractivity contribution in [3.63, 3.8) is 0 Å². The number of ether oxygens (including phenoxy) is 2. The van der Waals surface area contributed by atoms with Crippen LogP contribution in [0.15, 0.2) is 0 Å². The minimum absolute atomic E-state index is 0.00198. The van der Waals surface area contributed by atoms with E-state index in [1.807, 2.05) is 0 Å². The van der Waals surface area contributed by atoms with Crippen molar-refractivity contribution in [2.45, 2.75) is 69.7 Å². The second-order valence-corrected chi connectivity index (χ2v) is 6.97. The number of fused-ring (bicyclic) bond motifs is 2. The van der Waals surface area contributed by atoms with Crippen molar-refractivity contribution in [2.24, 2.45) is 17.8 Å². The highest BCUT2D eigenvalue weighted by molar-refractivity contribution is 5.74. The Morgan fingerprint density at radius 1 is 0.957 bits per heavy atom. The summed E-state index contributed by atoms with van der Waals surface area (Å²) < 4.78 is 37.0. The van der Waals surface area contributed by atoms with E-state index >= 15 is 0 Å². The van der Waals surface area contributed by atoms with Crippen molar-refractivity contribution in [1.29, 1.82) is 0 Å². The topological polar surface area (TPSA) is 72.8 Å². The van der Waals surface area contributed by atoms with Crippen LogP contribution in [-0.2, 0) is 19.1 Å². The second kappa shape index (κ2) is 6.34. The zero-order valence-corrected chi connectivity index (χ0v) is 12.9. The molecule has 23 heavy (non-hydrogen) atoms. The molecule has 0 aromatic heterocycles. The summed E-state index contributed by atoms with van der Waals surface area (Å²) in [5, 5.41) is 8.56. The standard InChI is InChI=1S/C16H22F2O5/c17-16(18,15(20)21)23-13-11-7-6-10(8-11)12(13)22-14(19)9-4-2-1-3-5-9/h9-13H,1-8H2,(H,20,21). The van der Waals surface area contributed by atoms with Crippen LogP contribution in [0, 0.1) is 17.8 Å². The molecule has 5 nitrogen and oxygen atoms in total.